The van der Waals surface area contributed by atoms with Crippen LogP contribution in [0.4, 0.5) is 0 Å². The molecule has 0 aliphatic heterocycles. The van der Waals surface area contributed by atoms with Crippen LogP contribution in [-0.2, 0) is 14.0 Å². The van der Waals surface area contributed by atoms with Crippen molar-refractivity contribution in [1.29, 1.82) is 0 Å². The van der Waals surface area contributed by atoms with Gasteiger partial charge in [0.05, 0.1) is 12.9 Å². The van der Waals surface area contributed by atoms with Crippen molar-refractivity contribution in [3.8, 4) is 0 Å². The van der Waals surface area contributed by atoms with Crippen LogP contribution < -0.4 is 0 Å². The molecule has 4 nitrogen and oxygen atoms in total. The van der Waals surface area contributed by atoms with Gasteiger partial charge in [-0.25, -0.2) is 4.79 Å². The summed E-state index contributed by atoms with van der Waals surface area (Å²) in [5, 5.41) is 9.55. The molecule has 0 saturated heterocycles. The second kappa shape index (κ2) is 5.69. The lowest BCUT2D eigenvalue weighted by atomic mass is 10.2. The number of aliphatic hydroxyl groups is 1. The van der Waals surface area contributed by atoms with Crippen LogP contribution in [0.1, 0.15) is 27.7 Å². The third-order valence-corrected chi connectivity index (χ3v) is 7.50. The highest BCUT2D eigenvalue weighted by Gasteiger charge is 2.39. The van der Waals surface area contributed by atoms with Crippen molar-refractivity contribution in [1.82, 2.24) is 0 Å². The number of ether oxygens (including phenoxy) is 1. The quantitative estimate of drug-likeness (QED) is 0.479. The topological polar surface area (TPSA) is 55.8 Å². The lowest BCUT2D eigenvalue weighted by molar-refractivity contribution is -0.147. The molecule has 0 amide bonds. The van der Waals surface area contributed by atoms with Crippen molar-refractivity contribution in [3.63, 3.8) is 0 Å². The third kappa shape index (κ3) is 4.91. The smallest absolute Gasteiger partial charge is 0.338 e. The summed E-state index contributed by atoms with van der Waals surface area (Å²) < 4.78 is 10.3. The molecule has 0 aliphatic rings. The van der Waals surface area contributed by atoms with Gasteiger partial charge in [-0.05, 0) is 31.1 Å². The molecule has 0 aromatic carbocycles. The number of hydrogen-bond donors (Lipinski definition) is 1. The van der Waals surface area contributed by atoms with Gasteiger partial charge >= 0.3 is 5.97 Å². The molecule has 1 atom stereocenters. The van der Waals surface area contributed by atoms with Crippen molar-refractivity contribution in [3.05, 3.63) is 11.8 Å². The zero-order chi connectivity index (χ0) is 13.9. The van der Waals surface area contributed by atoms with Crippen LogP contribution in [0.2, 0.25) is 18.1 Å². The number of carbonyl (C=O) groups is 1. The molecule has 0 spiro atoms. The molecule has 5 heteroatoms. The summed E-state index contributed by atoms with van der Waals surface area (Å²) in [6, 6.07) is 0. The number of hydrogen-bond acceptors (Lipinski definition) is 4. The zero-order valence-corrected chi connectivity index (χ0v) is 12.8. The van der Waals surface area contributed by atoms with Crippen LogP contribution >= 0.6 is 0 Å². The maximum absolute atomic E-state index is 11.0. The zero-order valence-electron chi connectivity index (χ0n) is 11.8. The van der Waals surface area contributed by atoms with Crippen molar-refractivity contribution in [2.24, 2.45) is 0 Å². The van der Waals surface area contributed by atoms with Crippen molar-refractivity contribution < 1.29 is 19.1 Å². The number of carbonyl (C=O) groups excluding carboxylic acids is 1. The summed E-state index contributed by atoms with van der Waals surface area (Å²) in [6.07, 6.45) is 0.122. The molecule has 0 bridgehead atoms. The fourth-order valence-corrected chi connectivity index (χ4v) is 2.18. The summed E-state index contributed by atoms with van der Waals surface area (Å²) >= 11 is 0. The summed E-state index contributed by atoms with van der Waals surface area (Å²) in [6.45, 7) is 12.3. The summed E-state index contributed by atoms with van der Waals surface area (Å²) in [4.78, 5) is 11.0. The minimum atomic E-state index is -1.91. The van der Waals surface area contributed by atoms with Crippen LogP contribution in [0.3, 0.4) is 0 Å². The molecular weight excluding hydrogens is 236 g/mol. The van der Waals surface area contributed by atoms with E-state index in [1.807, 2.05) is 0 Å². The Balaban J connectivity index is 4.70. The highest BCUT2D eigenvalue weighted by molar-refractivity contribution is 6.74. The molecule has 100 valence electrons. The highest BCUT2D eigenvalue weighted by atomic mass is 28.4. The van der Waals surface area contributed by atoms with E-state index in [1.54, 1.807) is 6.92 Å². The third-order valence-electron chi connectivity index (χ3n) is 3.06. The molecule has 0 saturated carbocycles. The van der Waals surface area contributed by atoms with Crippen LogP contribution in [0.25, 0.3) is 0 Å². The molecule has 0 aromatic rings. The molecule has 0 fully saturated rings. The Morgan fingerprint density at radius 2 is 1.82 bits per heavy atom. The lowest BCUT2D eigenvalue weighted by Crippen LogP contribution is -2.40. The van der Waals surface area contributed by atoms with Crippen molar-refractivity contribution in [2.45, 2.75) is 51.9 Å². The van der Waals surface area contributed by atoms with E-state index in [0.29, 0.717) is 5.76 Å². The minimum Gasteiger partial charge on any atom is -0.547 e. The summed E-state index contributed by atoms with van der Waals surface area (Å²) in [5.41, 5.74) is 0. The molecular formula is C12H24O4Si. The maximum atomic E-state index is 11.0. The Morgan fingerprint density at radius 3 is 2.18 bits per heavy atom. The molecule has 1 unspecified atom stereocenters. The Bertz CT molecular complexity index is 302. The number of methoxy groups -OCH3 is 1. The van der Waals surface area contributed by atoms with Gasteiger partial charge in [-0.1, -0.05) is 20.8 Å². The molecule has 0 heterocycles. The first-order valence-corrected chi connectivity index (χ1v) is 8.55. The lowest BCUT2D eigenvalue weighted by Gasteiger charge is -2.36. The van der Waals surface area contributed by atoms with Gasteiger partial charge < -0.3 is 14.3 Å². The summed E-state index contributed by atoms with van der Waals surface area (Å²) in [5.74, 6) is -0.113. The Hall–Kier alpha value is -0.813. The SMILES string of the molecule is COC(=O)C(O)/C=C(/C)O[Si](C)(C)C(C)(C)C. The van der Waals surface area contributed by atoms with E-state index in [2.05, 4.69) is 38.6 Å². The second-order valence-corrected chi connectivity index (χ2v) is 10.3. The van der Waals surface area contributed by atoms with E-state index in [0.717, 1.165) is 0 Å². The molecule has 17 heavy (non-hydrogen) atoms. The van der Waals surface area contributed by atoms with Crippen LogP contribution in [0.5, 0.6) is 0 Å². The Morgan fingerprint density at radius 1 is 1.35 bits per heavy atom. The van der Waals surface area contributed by atoms with Gasteiger partial charge in [0.25, 0.3) is 0 Å². The predicted octanol–water partition coefficient (Wildman–Crippen LogP) is 2.45. The summed E-state index contributed by atoms with van der Waals surface area (Å²) in [7, 11) is -0.672. The number of esters is 1. The largest absolute Gasteiger partial charge is 0.547 e. The number of aliphatic hydroxyl groups excluding tert-OH is 1. The standard InChI is InChI=1S/C12H24O4Si/c1-9(8-10(13)11(14)15-5)16-17(6,7)12(2,3)4/h8,10,13H,1-7H3/b9-8-. The average molecular weight is 260 g/mol. The number of rotatable bonds is 4. The van der Waals surface area contributed by atoms with E-state index in [1.165, 1.54) is 13.2 Å². The molecule has 1 N–H and O–H groups in total. The monoisotopic (exact) mass is 260 g/mol. The minimum absolute atomic E-state index is 0.0817. The Labute approximate surface area is 105 Å². The normalized spacial score (nSPS) is 15.4. The van der Waals surface area contributed by atoms with E-state index < -0.39 is 20.4 Å². The maximum Gasteiger partial charge on any atom is 0.338 e. The Kier molecular flexibility index (Phi) is 5.41. The molecule has 0 aliphatic carbocycles. The fourth-order valence-electron chi connectivity index (χ4n) is 1.00. The molecule has 0 radical (unpaired) electrons. The average Bonchev–Trinajstić information content (AvgIpc) is 2.13. The van der Waals surface area contributed by atoms with Gasteiger partial charge in [-0.3, -0.25) is 0 Å². The molecule has 0 aromatic heterocycles. The number of allylic oxidation sites excluding steroid dienone is 1. The predicted molar refractivity (Wildman–Crippen MR) is 70.1 cm³/mol. The van der Waals surface area contributed by atoms with Crippen LogP contribution in [-0.4, -0.2) is 32.6 Å². The van der Waals surface area contributed by atoms with Crippen LogP contribution in [0.15, 0.2) is 11.8 Å². The van der Waals surface area contributed by atoms with E-state index in [-0.39, 0.29) is 5.04 Å². The van der Waals surface area contributed by atoms with Gasteiger partial charge in [0.2, 0.25) is 8.32 Å². The second-order valence-electron chi connectivity index (χ2n) is 5.61. The first kappa shape index (κ1) is 16.2. The first-order valence-electron chi connectivity index (χ1n) is 5.64. The van der Waals surface area contributed by atoms with E-state index in [4.69, 9.17) is 4.43 Å². The van der Waals surface area contributed by atoms with Crippen LogP contribution in [0, 0.1) is 0 Å². The van der Waals surface area contributed by atoms with Crippen molar-refractivity contribution >= 4 is 14.3 Å². The van der Waals surface area contributed by atoms with E-state index >= 15 is 0 Å². The van der Waals surface area contributed by atoms with Gasteiger partial charge in [-0.2, -0.15) is 0 Å². The molecule has 0 rings (SSSR count). The fraction of sp³-hybridized carbons (Fsp3) is 0.750. The van der Waals surface area contributed by atoms with E-state index in [9.17, 15) is 9.90 Å². The van der Waals surface area contributed by atoms with Gasteiger partial charge in [0.1, 0.15) is 0 Å². The van der Waals surface area contributed by atoms with Gasteiger partial charge in [0.15, 0.2) is 6.10 Å². The first-order chi connectivity index (χ1) is 7.51. The van der Waals surface area contributed by atoms with Gasteiger partial charge in [-0.15, -0.1) is 0 Å². The van der Waals surface area contributed by atoms with Gasteiger partial charge in [0, 0.05) is 0 Å². The van der Waals surface area contributed by atoms with Crippen molar-refractivity contribution in [2.75, 3.05) is 7.11 Å². The highest BCUT2D eigenvalue weighted by Crippen LogP contribution is 2.37.